The second-order valence-electron chi connectivity index (χ2n) is 2.96. The summed E-state index contributed by atoms with van der Waals surface area (Å²) in [4.78, 5) is 28.1. The first-order valence-electron chi connectivity index (χ1n) is 4.34. The van der Waals surface area contributed by atoms with Crippen LogP contribution in [0.3, 0.4) is 0 Å². The Labute approximate surface area is 85.9 Å². The van der Waals surface area contributed by atoms with Crippen molar-refractivity contribution in [3.8, 4) is 0 Å². The van der Waals surface area contributed by atoms with Crippen LogP contribution < -0.4 is 10.6 Å². The Bertz CT molecular complexity index is 336. The molecule has 0 aliphatic carbocycles. The van der Waals surface area contributed by atoms with E-state index >= 15 is 0 Å². The molecule has 0 radical (unpaired) electrons. The van der Waals surface area contributed by atoms with Gasteiger partial charge in [-0.1, -0.05) is 0 Å². The van der Waals surface area contributed by atoms with Crippen molar-refractivity contribution in [3.63, 3.8) is 0 Å². The number of nitrogens with one attached hydrogen (secondary N) is 3. The van der Waals surface area contributed by atoms with Crippen LogP contribution in [0.15, 0.2) is 12.5 Å². The Morgan fingerprint density at radius 1 is 1.67 bits per heavy atom. The quantitative estimate of drug-likeness (QED) is 0.548. The van der Waals surface area contributed by atoms with Crippen LogP contribution in [-0.4, -0.2) is 33.1 Å². The summed E-state index contributed by atoms with van der Waals surface area (Å²) < 4.78 is 0. The summed E-state index contributed by atoms with van der Waals surface area (Å²) in [7, 11) is 0. The van der Waals surface area contributed by atoms with Gasteiger partial charge in [-0.15, -0.1) is 0 Å². The number of H-pyrrole nitrogens is 1. The highest BCUT2D eigenvalue weighted by Crippen LogP contribution is 1.89. The summed E-state index contributed by atoms with van der Waals surface area (Å²) in [6.45, 7) is 1.66. The van der Waals surface area contributed by atoms with Crippen LogP contribution in [0, 0.1) is 0 Å². The van der Waals surface area contributed by atoms with Crippen LogP contribution in [0.25, 0.3) is 0 Å². The minimum atomic E-state index is -1.08. The van der Waals surface area contributed by atoms with Crippen molar-refractivity contribution in [2.24, 2.45) is 0 Å². The first-order chi connectivity index (χ1) is 7.09. The van der Waals surface area contributed by atoms with Crippen molar-refractivity contribution in [3.05, 3.63) is 18.2 Å². The van der Waals surface area contributed by atoms with E-state index in [2.05, 4.69) is 20.6 Å². The zero-order valence-corrected chi connectivity index (χ0v) is 8.15. The maximum Gasteiger partial charge on any atom is 0.325 e. The fraction of sp³-hybridized carbons (Fsp3) is 0.375. The third-order valence-electron chi connectivity index (χ3n) is 1.71. The fourth-order valence-electron chi connectivity index (χ4n) is 0.866. The molecule has 1 heterocycles. The Morgan fingerprint density at radius 2 is 2.40 bits per heavy atom. The summed E-state index contributed by atoms with van der Waals surface area (Å²) in [6.07, 6.45) is 3.07. The van der Waals surface area contributed by atoms with Gasteiger partial charge in [-0.3, -0.25) is 4.79 Å². The van der Waals surface area contributed by atoms with E-state index in [1.807, 2.05) is 0 Å². The van der Waals surface area contributed by atoms with Gasteiger partial charge in [0.25, 0.3) is 0 Å². The third-order valence-corrected chi connectivity index (χ3v) is 1.71. The van der Waals surface area contributed by atoms with Gasteiger partial charge in [0, 0.05) is 6.20 Å². The molecule has 0 aliphatic rings. The Balaban J connectivity index is 2.28. The highest BCUT2D eigenvalue weighted by atomic mass is 16.4. The molecule has 1 aromatic heterocycles. The van der Waals surface area contributed by atoms with E-state index in [1.165, 1.54) is 13.3 Å². The molecule has 7 heteroatoms. The zero-order chi connectivity index (χ0) is 11.3. The van der Waals surface area contributed by atoms with Crippen molar-refractivity contribution in [1.82, 2.24) is 20.6 Å². The van der Waals surface area contributed by atoms with E-state index in [0.29, 0.717) is 0 Å². The molecule has 0 aliphatic heterocycles. The van der Waals surface area contributed by atoms with Gasteiger partial charge < -0.3 is 20.7 Å². The Hall–Kier alpha value is -2.05. The highest BCUT2D eigenvalue weighted by molar-refractivity contribution is 5.82. The van der Waals surface area contributed by atoms with Crippen molar-refractivity contribution in [2.45, 2.75) is 19.5 Å². The first-order valence-corrected chi connectivity index (χ1v) is 4.34. The maximum atomic E-state index is 11.1. The van der Waals surface area contributed by atoms with Crippen LogP contribution in [-0.2, 0) is 11.3 Å². The number of carbonyl (C=O) groups is 2. The second-order valence-corrected chi connectivity index (χ2v) is 2.96. The summed E-state index contributed by atoms with van der Waals surface area (Å²) in [5.41, 5.74) is 0.744. The van der Waals surface area contributed by atoms with Gasteiger partial charge in [0.1, 0.15) is 6.04 Å². The average Bonchev–Trinajstić information content (AvgIpc) is 2.66. The second kappa shape index (κ2) is 4.99. The van der Waals surface area contributed by atoms with E-state index in [1.54, 1.807) is 6.20 Å². The molecule has 1 atom stereocenters. The van der Waals surface area contributed by atoms with Crippen LogP contribution in [0.2, 0.25) is 0 Å². The lowest BCUT2D eigenvalue weighted by Crippen LogP contribution is -2.44. The van der Waals surface area contributed by atoms with Crippen molar-refractivity contribution >= 4 is 12.0 Å². The van der Waals surface area contributed by atoms with Crippen molar-refractivity contribution in [2.75, 3.05) is 0 Å². The number of aliphatic carboxylic acids is 1. The monoisotopic (exact) mass is 212 g/mol. The number of imidazole rings is 1. The summed E-state index contributed by atoms with van der Waals surface area (Å²) in [5.74, 6) is -1.08. The van der Waals surface area contributed by atoms with Gasteiger partial charge in [-0.05, 0) is 6.92 Å². The molecule has 2 amide bonds. The molecule has 1 rings (SSSR count). The average molecular weight is 212 g/mol. The standard InChI is InChI=1S/C8H12N4O3/c1-5(7(13)14)12-8(15)10-3-6-2-9-4-11-6/h2,4-5H,3H2,1H3,(H,9,11)(H,13,14)(H2,10,12,15). The number of aromatic amines is 1. The van der Waals surface area contributed by atoms with Gasteiger partial charge in [-0.2, -0.15) is 0 Å². The number of hydrogen-bond acceptors (Lipinski definition) is 3. The Morgan fingerprint density at radius 3 is 2.93 bits per heavy atom. The van der Waals surface area contributed by atoms with Gasteiger partial charge in [0.15, 0.2) is 0 Å². The van der Waals surface area contributed by atoms with Crippen molar-refractivity contribution in [1.29, 1.82) is 0 Å². The number of urea groups is 1. The number of hydrogen-bond donors (Lipinski definition) is 4. The summed E-state index contributed by atoms with van der Waals surface area (Å²) >= 11 is 0. The molecule has 0 saturated carbocycles. The molecule has 1 unspecified atom stereocenters. The van der Waals surface area contributed by atoms with Crippen LogP contribution >= 0.6 is 0 Å². The van der Waals surface area contributed by atoms with Crippen molar-refractivity contribution < 1.29 is 14.7 Å². The number of amides is 2. The van der Waals surface area contributed by atoms with Crippen LogP contribution in [0.5, 0.6) is 0 Å². The normalized spacial score (nSPS) is 11.8. The SMILES string of the molecule is CC(NC(=O)NCc1cnc[nH]1)C(=O)O. The van der Waals surface area contributed by atoms with E-state index in [9.17, 15) is 9.59 Å². The molecule has 15 heavy (non-hydrogen) atoms. The van der Waals surface area contributed by atoms with E-state index < -0.39 is 18.0 Å². The lowest BCUT2D eigenvalue weighted by Gasteiger charge is -2.09. The molecule has 7 nitrogen and oxygen atoms in total. The molecule has 0 aromatic carbocycles. The van der Waals surface area contributed by atoms with E-state index in [-0.39, 0.29) is 6.54 Å². The Kier molecular flexibility index (Phi) is 3.67. The van der Waals surface area contributed by atoms with Gasteiger partial charge in [0.05, 0.1) is 18.6 Å². The zero-order valence-electron chi connectivity index (χ0n) is 8.15. The van der Waals surface area contributed by atoms with Gasteiger partial charge >= 0.3 is 12.0 Å². The highest BCUT2D eigenvalue weighted by Gasteiger charge is 2.13. The molecule has 82 valence electrons. The molecule has 0 fully saturated rings. The van der Waals surface area contributed by atoms with Crippen LogP contribution in [0.4, 0.5) is 4.79 Å². The molecule has 0 bridgehead atoms. The van der Waals surface area contributed by atoms with E-state index in [4.69, 9.17) is 5.11 Å². The number of nitrogens with zero attached hydrogens (tertiary/aromatic N) is 1. The summed E-state index contributed by atoms with van der Waals surface area (Å²) in [6, 6.07) is -1.44. The number of rotatable bonds is 4. The predicted molar refractivity (Wildman–Crippen MR) is 51.1 cm³/mol. The maximum absolute atomic E-state index is 11.1. The van der Waals surface area contributed by atoms with Gasteiger partial charge in [0.2, 0.25) is 0 Å². The summed E-state index contributed by atoms with van der Waals surface area (Å²) in [5, 5.41) is 13.3. The lowest BCUT2D eigenvalue weighted by molar-refractivity contribution is -0.138. The third kappa shape index (κ3) is 3.67. The minimum absolute atomic E-state index is 0.276. The smallest absolute Gasteiger partial charge is 0.325 e. The molecule has 1 aromatic rings. The van der Waals surface area contributed by atoms with Crippen LogP contribution in [0.1, 0.15) is 12.6 Å². The number of aromatic nitrogens is 2. The fourth-order valence-corrected chi connectivity index (χ4v) is 0.866. The number of carboxylic acids is 1. The molecular formula is C8H12N4O3. The predicted octanol–water partition coefficient (Wildman–Crippen LogP) is -0.318. The molecule has 0 saturated heterocycles. The molecular weight excluding hydrogens is 200 g/mol. The van der Waals surface area contributed by atoms with Gasteiger partial charge in [-0.25, -0.2) is 9.78 Å². The van der Waals surface area contributed by atoms with E-state index in [0.717, 1.165) is 5.69 Å². The topological polar surface area (TPSA) is 107 Å². The largest absolute Gasteiger partial charge is 0.480 e. The molecule has 0 spiro atoms. The number of carboxylic acid groups (broad SMARTS) is 1. The lowest BCUT2D eigenvalue weighted by atomic mass is 10.3. The molecule has 4 N–H and O–H groups in total. The minimum Gasteiger partial charge on any atom is -0.480 e. The first kappa shape index (κ1) is 11.0. The number of carbonyl (C=O) groups excluding carboxylic acids is 1.